The van der Waals surface area contributed by atoms with Gasteiger partial charge in [0.1, 0.15) is 10.8 Å². The minimum atomic E-state index is -0.266. The van der Waals surface area contributed by atoms with Crippen LogP contribution >= 0.6 is 11.6 Å². The molecule has 2 aromatic heterocycles. The van der Waals surface area contributed by atoms with Gasteiger partial charge in [-0.25, -0.2) is 9.67 Å². The quantitative estimate of drug-likeness (QED) is 0.677. The summed E-state index contributed by atoms with van der Waals surface area (Å²) in [7, 11) is 2.08. The number of aromatic nitrogens is 4. The van der Waals surface area contributed by atoms with Gasteiger partial charge in [-0.3, -0.25) is 4.79 Å². The van der Waals surface area contributed by atoms with Crippen molar-refractivity contribution in [2.75, 3.05) is 11.4 Å². The molecule has 7 heteroatoms. The lowest BCUT2D eigenvalue weighted by molar-refractivity contribution is 0.628. The van der Waals surface area contributed by atoms with E-state index in [1.807, 2.05) is 30.3 Å². The fraction of sp³-hybridized carbons (Fsp3) is 0.381. The van der Waals surface area contributed by atoms with E-state index in [0.717, 1.165) is 30.0 Å². The molecule has 0 amide bonds. The summed E-state index contributed by atoms with van der Waals surface area (Å²) < 4.78 is 3.61. The summed E-state index contributed by atoms with van der Waals surface area (Å²) in [4.78, 5) is 19.7. The van der Waals surface area contributed by atoms with Crippen molar-refractivity contribution < 1.29 is 0 Å². The second kappa shape index (κ2) is 7.43. The lowest BCUT2D eigenvalue weighted by atomic mass is 10.1. The van der Waals surface area contributed by atoms with Crippen LogP contribution in [0, 0.1) is 0 Å². The average Bonchev–Trinajstić information content (AvgIpc) is 3.03. The molecule has 0 unspecified atom stereocenters. The molecule has 0 bridgehead atoms. The predicted molar refractivity (Wildman–Crippen MR) is 111 cm³/mol. The summed E-state index contributed by atoms with van der Waals surface area (Å²) in [5, 5.41) is 4.59. The molecule has 146 valence electrons. The van der Waals surface area contributed by atoms with Gasteiger partial charge in [0.25, 0.3) is 5.56 Å². The van der Waals surface area contributed by atoms with Crippen molar-refractivity contribution in [3.63, 3.8) is 0 Å². The zero-order valence-corrected chi connectivity index (χ0v) is 17.1. The fourth-order valence-electron chi connectivity index (χ4n) is 3.82. The molecule has 0 spiro atoms. The molecular weight excluding hydrogens is 374 g/mol. The van der Waals surface area contributed by atoms with E-state index < -0.39 is 0 Å². The predicted octanol–water partition coefficient (Wildman–Crippen LogP) is 3.36. The van der Waals surface area contributed by atoms with Gasteiger partial charge in [0.15, 0.2) is 0 Å². The lowest BCUT2D eigenvalue weighted by Gasteiger charge is -2.29. The van der Waals surface area contributed by atoms with E-state index in [-0.39, 0.29) is 10.6 Å². The van der Waals surface area contributed by atoms with Crippen LogP contribution in [-0.4, -0.2) is 25.9 Å². The van der Waals surface area contributed by atoms with E-state index in [9.17, 15) is 4.79 Å². The van der Waals surface area contributed by atoms with Gasteiger partial charge in [0.2, 0.25) is 0 Å². The summed E-state index contributed by atoms with van der Waals surface area (Å²) in [6, 6.07) is 9.77. The van der Waals surface area contributed by atoms with E-state index in [1.165, 1.54) is 10.4 Å². The molecule has 28 heavy (non-hydrogen) atoms. The fourth-order valence-corrected chi connectivity index (χ4v) is 4.08. The van der Waals surface area contributed by atoms with Gasteiger partial charge in [0.05, 0.1) is 30.7 Å². The number of benzene rings is 1. The van der Waals surface area contributed by atoms with Gasteiger partial charge in [-0.2, -0.15) is 5.10 Å². The van der Waals surface area contributed by atoms with Crippen molar-refractivity contribution in [2.45, 2.75) is 39.3 Å². The Balaban J connectivity index is 1.61. The van der Waals surface area contributed by atoms with Gasteiger partial charge in [-0.05, 0) is 5.56 Å². The first-order valence-electron chi connectivity index (χ1n) is 9.54. The number of halogens is 1. The highest BCUT2D eigenvalue weighted by molar-refractivity contribution is 6.33. The van der Waals surface area contributed by atoms with Crippen LogP contribution in [0.2, 0.25) is 5.02 Å². The first-order valence-corrected chi connectivity index (χ1v) is 9.92. The normalized spacial score (nSPS) is 13.8. The number of imidazole rings is 1. The Bertz CT molecular complexity index is 1050. The van der Waals surface area contributed by atoms with E-state index >= 15 is 0 Å². The Morgan fingerprint density at radius 2 is 1.96 bits per heavy atom. The third-order valence-corrected chi connectivity index (χ3v) is 5.64. The van der Waals surface area contributed by atoms with Crippen LogP contribution in [0.1, 0.15) is 42.5 Å². The molecule has 0 aliphatic carbocycles. The highest BCUT2D eigenvalue weighted by Gasteiger charge is 2.26. The Kier molecular flexibility index (Phi) is 4.98. The zero-order chi connectivity index (χ0) is 19.8. The molecule has 1 aromatic carbocycles. The zero-order valence-electron chi connectivity index (χ0n) is 16.4. The first kappa shape index (κ1) is 18.7. The summed E-state index contributed by atoms with van der Waals surface area (Å²) in [6.07, 6.45) is 2.57. The number of anilines is 1. The summed E-state index contributed by atoms with van der Waals surface area (Å²) in [5.41, 5.74) is 3.75. The molecule has 0 fully saturated rings. The molecule has 3 aromatic rings. The third-order valence-electron chi connectivity index (χ3n) is 5.29. The van der Waals surface area contributed by atoms with Gasteiger partial charge >= 0.3 is 0 Å². The molecule has 3 heterocycles. The van der Waals surface area contributed by atoms with E-state index in [1.54, 1.807) is 6.20 Å². The van der Waals surface area contributed by atoms with Gasteiger partial charge in [0, 0.05) is 31.6 Å². The Morgan fingerprint density at radius 1 is 1.21 bits per heavy atom. The number of hydrogen-bond donors (Lipinski definition) is 0. The molecule has 1 aliphatic heterocycles. The van der Waals surface area contributed by atoms with Crippen LogP contribution in [0.15, 0.2) is 41.3 Å². The van der Waals surface area contributed by atoms with E-state index in [4.69, 9.17) is 16.6 Å². The van der Waals surface area contributed by atoms with Crippen molar-refractivity contribution in [2.24, 2.45) is 7.05 Å². The molecule has 0 atom stereocenters. The van der Waals surface area contributed by atoms with Crippen LogP contribution in [0.3, 0.4) is 0 Å². The highest BCUT2D eigenvalue weighted by Crippen LogP contribution is 2.29. The van der Waals surface area contributed by atoms with Crippen LogP contribution in [0.25, 0.3) is 0 Å². The molecule has 4 rings (SSSR count). The maximum absolute atomic E-state index is 12.8. The number of nitrogens with zero attached hydrogens (tertiary/aromatic N) is 5. The maximum Gasteiger partial charge on any atom is 0.287 e. The Labute approximate surface area is 169 Å². The number of fused-ring (bicyclic) bond motifs is 1. The molecule has 0 saturated carbocycles. The molecular formula is C21H24ClN5O. The highest BCUT2D eigenvalue weighted by atomic mass is 35.5. The molecule has 0 saturated heterocycles. The standard InChI is InChI=1S/C21H24ClN5O/c1-14(2)20-24-16-13-26(10-9-17(16)25(20)3)18-11-23-27(21(28)19(18)22)12-15-7-5-4-6-8-15/h4-8,11,14H,9-10,12-13H2,1-3H3. The molecule has 6 nitrogen and oxygen atoms in total. The average molecular weight is 398 g/mol. The topological polar surface area (TPSA) is 56.0 Å². The van der Waals surface area contributed by atoms with Gasteiger partial charge in [-0.1, -0.05) is 55.8 Å². The monoisotopic (exact) mass is 397 g/mol. The summed E-state index contributed by atoms with van der Waals surface area (Å²) >= 11 is 6.47. The van der Waals surface area contributed by atoms with Crippen LogP contribution < -0.4 is 10.5 Å². The molecule has 0 N–H and O–H groups in total. The van der Waals surface area contributed by atoms with E-state index in [2.05, 4.69) is 35.5 Å². The molecule has 0 radical (unpaired) electrons. The summed E-state index contributed by atoms with van der Waals surface area (Å²) in [5.74, 6) is 1.46. The smallest absolute Gasteiger partial charge is 0.287 e. The van der Waals surface area contributed by atoms with E-state index in [0.29, 0.717) is 24.7 Å². The number of rotatable bonds is 4. The summed E-state index contributed by atoms with van der Waals surface area (Å²) in [6.45, 7) is 6.13. The molecule has 1 aliphatic rings. The van der Waals surface area contributed by atoms with Crippen molar-refractivity contribution >= 4 is 17.3 Å². The van der Waals surface area contributed by atoms with Crippen LogP contribution in [-0.2, 0) is 26.6 Å². The Morgan fingerprint density at radius 3 is 2.68 bits per heavy atom. The van der Waals surface area contributed by atoms with Crippen molar-refractivity contribution in [1.29, 1.82) is 0 Å². The largest absolute Gasteiger partial charge is 0.362 e. The van der Waals surface area contributed by atoms with Gasteiger partial charge in [-0.15, -0.1) is 0 Å². The van der Waals surface area contributed by atoms with Crippen LogP contribution in [0.5, 0.6) is 0 Å². The van der Waals surface area contributed by atoms with Gasteiger partial charge < -0.3 is 9.47 Å². The minimum absolute atomic E-state index is 0.217. The lowest BCUT2D eigenvalue weighted by Crippen LogP contribution is -2.34. The Hall–Kier alpha value is -2.60. The van der Waals surface area contributed by atoms with Crippen molar-refractivity contribution in [3.05, 3.63) is 74.7 Å². The SMILES string of the molecule is CC(C)c1nc2c(n1C)CCN(c1cnn(Cc3ccccc3)c(=O)c1Cl)C2. The van der Waals surface area contributed by atoms with Crippen molar-refractivity contribution in [3.8, 4) is 0 Å². The maximum atomic E-state index is 12.8. The minimum Gasteiger partial charge on any atom is -0.362 e. The second-order valence-corrected chi connectivity index (χ2v) is 7.92. The number of hydrogen-bond acceptors (Lipinski definition) is 4. The van der Waals surface area contributed by atoms with Crippen molar-refractivity contribution in [1.82, 2.24) is 19.3 Å². The second-order valence-electron chi connectivity index (χ2n) is 7.54. The third kappa shape index (κ3) is 3.33. The van der Waals surface area contributed by atoms with Crippen LogP contribution in [0.4, 0.5) is 5.69 Å². The first-order chi connectivity index (χ1) is 13.5.